The van der Waals surface area contributed by atoms with Crippen molar-refractivity contribution in [3.63, 3.8) is 0 Å². The zero-order valence-corrected chi connectivity index (χ0v) is 39.2. The minimum Gasteiger partial charge on any atom is -0.353 e. The highest BCUT2D eigenvalue weighted by molar-refractivity contribution is 6.31. The lowest BCUT2D eigenvalue weighted by molar-refractivity contribution is -0.131. The van der Waals surface area contributed by atoms with Gasteiger partial charge in [0.15, 0.2) is 0 Å². The minimum absolute atomic E-state index is 0.0577. The van der Waals surface area contributed by atoms with Crippen LogP contribution in [-0.2, 0) is 35.3 Å². The lowest BCUT2D eigenvalue weighted by Crippen LogP contribution is -2.49. The summed E-state index contributed by atoms with van der Waals surface area (Å²) < 4.78 is 14.0. The number of anilines is 2. The molecule has 6 aromatic rings. The summed E-state index contributed by atoms with van der Waals surface area (Å²) in [6.45, 7) is 8.27. The zero-order chi connectivity index (χ0) is 47.7. The van der Waals surface area contributed by atoms with Gasteiger partial charge in [-0.05, 0) is 84.8 Å². The van der Waals surface area contributed by atoms with Gasteiger partial charge < -0.3 is 30.2 Å². The predicted molar refractivity (Wildman–Crippen MR) is 266 cm³/mol. The van der Waals surface area contributed by atoms with E-state index in [0.29, 0.717) is 69.9 Å². The van der Waals surface area contributed by atoms with Crippen molar-refractivity contribution in [1.29, 1.82) is 0 Å². The summed E-state index contributed by atoms with van der Waals surface area (Å²) in [5.74, 6) is 0.892. The fraction of sp³-hybridized carbons (Fsp3) is 0.296. The predicted octanol–water partition coefficient (Wildman–Crippen LogP) is 7.38. The quantitative estimate of drug-likeness (QED) is 0.102. The molecular weight excluding hydrogens is 879 g/mol. The number of carbonyl (C=O) groups is 4. The fourth-order valence-electron chi connectivity index (χ4n) is 8.14. The highest BCUT2D eigenvalue weighted by Gasteiger charge is 2.25. The van der Waals surface area contributed by atoms with Gasteiger partial charge in [-0.2, -0.15) is 0 Å². The lowest BCUT2D eigenvalue weighted by atomic mass is 10.1. The van der Waals surface area contributed by atoms with Crippen LogP contribution in [0.25, 0.3) is 0 Å². The largest absolute Gasteiger partial charge is 0.353 e. The lowest BCUT2D eigenvalue weighted by Gasteiger charge is -2.35. The molecule has 0 unspecified atom stereocenters. The van der Waals surface area contributed by atoms with Crippen LogP contribution in [0.4, 0.5) is 16.0 Å². The van der Waals surface area contributed by atoms with Gasteiger partial charge in [0.05, 0.1) is 24.0 Å². The summed E-state index contributed by atoms with van der Waals surface area (Å²) in [5, 5.41) is 6.16. The molecule has 8 rings (SSSR count). The van der Waals surface area contributed by atoms with E-state index >= 15 is 0 Å². The Morgan fingerprint density at radius 2 is 1.06 bits per heavy atom. The van der Waals surface area contributed by atoms with Crippen LogP contribution in [-0.4, -0.2) is 109 Å². The molecule has 2 N–H and O–H groups in total. The fourth-order valence-corrected chi connectivity index (χ4v) is 8.37. The van der Waals surface area contributed by atoms with Crippen molar-refractivity contribution in [2.24, 2.45) is 0 Å². The third kappa shape index (κ3) is 14.0. The van der Waals surface area contributed by atoms with Gasteiger partial charge in [0, 0.05) is 88.4 Å². The maximum atomic E-state index is 14.0. The number of aryl methyl sites for hydroxylation is 2. The van der Waals surface area contributed by atoms with E-state index in [4.69, 9.17) is 11.6 Å². The van der Waals surface area contributed by atoms with Gasteiger partial charge >= 0.3 is 0 Å². The molecule has 2 aromatic heterocycles. The first kappa shape index (κ1) is 48.8. The van der Waals surface area contributed by atoms with E-state index in [1.807, 2.05) is 103 Å². The summed E-state index contributed by atoms with van der Waals surface area (Å²) in [7, 11) is 0. The first-order chi connectivity index (χ1) is 33.1. The standard InChI is InChI=1S/C28H32N4O2.C26H26ClFN4O2/c1-22-8-5-6-12-24(22)20-27(33)32-18-16-31(17-19-32)26-14-13-25(21-30-26)28(34)29-15-7-11-23-9-3-2-4-10-23;27-22-7-4-8-23(28)21(22)17-25(33)32-15-13-31(14-16-32)24-10-9-20(18-30-24)26(34)29-12-11-19-5-2-1-3-6-19/h2-6,8-10,12-14,21H,7,11,15-20H2,1H3,(H,29,34);1-10,18H,11-17H2,(H,29,34). The van der Waals surface area contributed by atoms with Crippen molar-refractivity contribution in [3.8, 4) is 0 Å². The Morgan fingerprint density at radius 3 is 1.57 bits per heavy atom. The number of benzene rings is 4. The Kier molecular flexibility index (Phi) is 17.6. The van der Waals surface area contributed by atoms with Crippen LogP contribution in [0.15, 0.2) is 140 Å². The number of carbonyl (C=O) groups excluding carboxylic acids is 4. The second-order valence-corrected chi connectivity index (χ2v) is 17.3. The molecule has 68 heavy (non-hydrogen) atoms. The number of nitrogens with zero attached hydrogens (tertiary/aromatic N) is 6. The van der Waals surface area contributed by atoms with Crippen molar-refractivity contribution < 1.29 is 23.6 Å². The maximum Gasteiger partial charge on any atom is 0.252 e. The van der Waals surface area contributed by atoms with Gasteiger partial charge in [0.1, 0.15) is 17.5 Å². The molecule has 0 bridgehead atoms. The van der Waals surface area contributed by atoms with Crippen molar-refractivity contribution in [2.75, 3.05) is 75.2 Å². The first-order valence-electron chi connectivity index (χ1n) is 23.2. The molecule has 4 heterocycles. The van der Waals surface area contributed by atoms with E-state index in [1.54, 1.807) is 29.4 Å². The molecule has 352 valence electrons. The van der Waals surface area contributed by atoms with E-state index in [-0.39, 0.29) is 40.6 Å². The van der Waals surface area contributed by atoms with E-state index in [9.17, 15) is 23.6 Å². The molecule has 0 radical (unpaired) electrons. The normalized spacial score (nSPS) is 13.6. The van der Waals surface area contributed by atoms with E-state index in [0.717, 1.165) is 55.1 Å². The summed E-state index contributed by atoms with van der Waals surface area (Å²) in [4.78, 5) is 67.0. The molecule has 2 aliphatic heterocycles. The van der Waals surface area contributed by atoms with Gasteiger partial charge in [0.2, 0.25) is 11.8 Å². The second kappa shape index (κ2) is 24.6. The van der Waals surface area contributed by atoms with E-state index in [2.05, 4.69) is 42.5 Å². The highest BCUT2D eigenvalue weighted by Crippen LogP contribution is 2.22. The number of pyridine rings is 2. The third-order valence-electron chi connectivity index (χ3n) is 12.2. The summed E-state index contributed by atoms with van der Waals surface area (Å²) in [6.07, 6.45) is 6.20. The van der Waals surface area contributed by atoms with Crippen molar-refractivity contribution in [3.05, 3.63) is 190 Å². The van der Waals surface area contributed by atoms with Gasteiger partial charge in [-0.3, -0.25) is 19.2 Å². The number of piperazine rings is 2. The molecule has 0 atom stereocenters. The minimum atomic E-state index is -0.465. The van der Waals surface area contributed by atoms with Crippen LogP contribution < -0.4 is 20.4 Å². The molecule has 2 aliphatic rings. The monoisotopic (exact) mass is 936 g/mol. The number of nitrogens with one attached hydrogen (secondary N) is 2. The van der Waals surface area contributed by atoms with Gasteiger partial charge in [-0.1, -0.05) is 103 Å². The Labute approximate surface area is 403 Å². The van der Waals surface area contributed by atoms with Crippen molar-refractivity contribution in [2.45, 2.75) is 39.0 Å². The number of hydrogen-bond donors (Lipinski definition) is 2. The molecule has 0 spiro atoms. The number of hydrogen-bond acceptors (Lipinski definition) is 8. The van der Waals surface area contributed by atoms with Crippen LogP contribution in [0.3, 0.4) is 0 Å². The molecule has 0 aliphatic carbocycles. The molecule has 0 saturated carbocycles. The number of rotatable bonds is 15. The molecule has 4 aromatic carbocycles. The maximum absolute atomic E-state index is 14.0. The highest BCUT2D eigenvalue weighted by atomic mass is 35.5. The van der Waals surface area contributed by atoms with Crippen LogP contribution in [0.2, 0.25) is 5.02 Å². The number of halogens is 2. The van der Waals surface area contributed by atoms with E-state index in [1.165, 1.54) is 23.3 Å². The molecule has 14 heteroatoms. The summed E-state index contributed by atoms with van der Waals surface area (Å²) in [6, 6.07) is 40.0. The number of aromatic nitrogens is 2. The van der Waals surface area contributed by atoms with Gasteiger partial charge in [0.25, 0.3) is 11.8 Å². The van der Waals surface area contributed by atoms with Crippen molar-refractivity contribution in [1.82, 2.24) is 30.4 Å². The Bertz CT molecular complexity index is 2570. The Balaban J connectivity index is 0.000000201. The van der Waals surface area contributed by atoms with Crippen molar-refractivity contribution >= 4 is 46.9 Å². The molecular formula is C54H58ClFN8O4. The van der Waals surface area contributed by atoms with Crippen LogP contribution in [0, 0.1) is 12.7 Å². The second-order valence-electron chi connectivity index (χ2n) is 16.9. The van der Waals surface area contributed by atoms with Gasteiger partial charge in [-0.25, -0.2) is 14.4 Å². The average Bonchev–Trinajstić information content (AvgIpc) is 3.38. The Hall–Kier alpha value is -7.12. The molecule has 2 saturated heterocycles. The number of amides is 4. The van der Waals surface area contributed by atoms with Crippen LogP contribution in [0.5, 0.6) is 0 Å². The first-order valence-corrected chi connectivity index (χ1v) is 23.6. The van der Waals surface area contributed by atoms with E-state index < -0.39 is 5.82 Å². The Morgan fingerprint density at radius 1 is 0.559 bits per heavy atom. The SMILES string of the molecule is Cc1ccccc1CC(=O)N1CCN(c2ccc(C(=O)NCCCc3ccccc3)cn2)CC1.O=C(NCCc1ccccc1)c1ccc(N2CCN(C(=O)Cc3c(F)cccc3Cl)CC2)nc1. The average molecular weight is 938 g/mol. The zero-order valence-electron chi connectivity index (χ0n) is 38.5. The molecule has 12 nitrogen and oxygen atoms in total. The summed E-state index contributed by atoms with van der Waals surface area (Å²) in [5.41, 5.74) is 5.99. The van der Waals surface area contributed by atoms with Crippen LogP contribution in [0.1, 0.15) is 55.0 Å². The summed E-state index contributed by atoms with van der Waals surface area (Å²) >= 11 is 6.05. The molecule has 2 fully saturated rings. The third-order valence-corrected chi connectivity index (χ3v) is 12.6. The van der Waals surface area contributed by atoms with Crippen LogP contribution >= 0.6 is 11.6 Å². The molecule has 4 amide bonds. The topological polar surface area (TPSA) is 131 Å². The smallest absolute Gasteiger partial charge is 0.252 e. The van der Waals surface area contributed by atoms with Gasteiger partial charge in [-0.15, -0.1) is 0 Å².